The van der Waals surface area contributed by atoms with Crippen molar-refractivity contribution in [3.05, 3.63) is 80.9 Å². The Kier molecular flexibility index (Phi) is 17.9. The molecule has 0 aromatic rings. The summed E-state index contributed by atoms with van der Waals surface area (Å²) in [5, 5.41) is 75.3. The maximum Gasteiger partial charge on any atom is 0.294 e. The standard InChI is InChI=1S/C15H24N8O26/c24-16(25)42-5-13(6-43-17(26)27,1-40-3-14(7-44-18(28)29,8-45-19(30)31)9-46-20(32)33)2-41-4-15(10-47-21(34)35,11-48-22(36)37)12-49-23(38)39/h1-12H2. The molecule has 0 radical (unpaired) electrons. The van der Waals surface area contributed by atoms with E-state index in [1.807, 2.05) is 0 Å². The minimum Gasteiger partial charge on any atom is -0.380 e. The number of hydrogen-bond acceptors (Lipinski definition) is 26. The number of nitrogens with zero attached hydrogens (tertiary/aromatic N) is 8. The SMILES string of the molecule is O=[N+]([O-])OCC(COCC(CO[N+](=O)[O-])(CO[N+](=O)[O-])CO[N+](=O)[O-])(COCC(CO[N+](=O)[O-])(CO[N+](=O)[O-])CO[N+](=O)[O-])CO[N+](=O)[O-]. The smallest absolute Gasteiger partial charge is 0.294 e. The predicted octanol–water partition coefficient (Wildman–Crippen LogP) is -2.35. The summed E-state index contributed by atoms with van der Waals surface area (Å²) in [6.07, 6.45) is 0. The Labute approximate surface area is 266 Å². The molecule has 0 fully saturated rings. The van der Waals surface area contributed by atoms with E-state index in [9.17, 15) is 80.9 Å². The zero-order valence-electron chi connectivity index (χ0n) is 24.2. The molecule has 0 saturated heterocycles. The van der Waals surface area contributed by atoms with E-state index in [1.165, 1.54) is 0 Å². The Balaban J connectivity index is 6.55. The van der Waals surface area contributed by atoms with Crippen LogP contribution in [-0.2, 0) is 48.2 Å². The van der Waals surface area contributed by atoms with Gasteiger partial charge < -0.3 is 48.2 Å². The van der Waals surface area contributed by atoms with Crippen LogP contribution < -0.4 is 0 Å². The lowest BCUT2D eigenvalue weighted by molar-refractivity contribution is -0.782. The first-order valence-corrected chi connectivity index (χ1v) is 12.1. The second kappa shape index (κ2) is 20.6. The van der Waals surface area contributed by atoms with Crippen molar-refractivity contribution in [2.45, 2.75) is 0 Å². The molecule has 0 heterocycles. The van der Waals surface area contributed by atoms with Crippen molar-refractivity contribution in [2.24, 2.45) is 16.2 Å². The van der Waals surface area contributed by atoms with Crippen molar-refractivity contribution < 1.29 is 88.9 Å². The van der Waals surface area contributed by atoms with Gasteiger partial charge in [0.2, 0.25) is 0 Å². The third-order valence-corrected chi connectivity index (χ3v) is 5.44. The van der Waals surface area contributed by atoms with E-state index in [0.29, 0.717) is 0 Å². The van der Waals surface area contributed by atoms with E-state index < -0.39 is 136 Å². The summed E-state index contributed by atoms with van der Waals surface area (Å²) in [5.41, 5.74) is -6.86. The van der Waals surface area contributed by atoms with E-state index >= 15 is 0 Å². The van der Waals surface area contributed by atoms with E-state index in [2.05, 4.69) is 38.7 Å². The molecular weight excluding hydrogens is 708 g/mol. The number of rotatable bonds is 32. The topological polar surface area (TPSA) is 437 Å². The van der Waals surface area contributed by atoms with Gasteiger partial charge in [0.1, 0.15) is 52.9 Å². The lowest BCUT2D eigenvalue weighted by Gasteiger charge is -2.36. The van der Waals surface area contributed by atoms with Crippen LogP contribution in [0.1, 0.15) is 0 Å². The highest BCUT2D eigenvalue weighted by molar-refractivity contribution is 4.84. The van der Waals surface area contributed by atoms with Crippen molar-refractivity contribution in [3.8, 4) is 0 Å². The van der Waals surface area contributed by atoms with Crippen LogP contribution >= 0.6 is 0 Å². The summed E-state index contributed by atoms with van der Waals surface area (Å²) in [7, 11) is 0. The number of ether oxygens (including phenoxy) is 2. The van der Waals surface area contributed by atoms with Gasteiger partial charge in [-0.3, -0.25) is 0 Å². The molecule has 0 aromatic heterocycles. The highest BCUT2D eigenvalue weighted by Crippen LogP contribution is 2.28. The summed E-state index contributed by atoms with van der Waals surface area (Å²) in [5.74, 6) is 0. The van der Waals surface area contributed by atoms with Crippen LogP contribution in [0.15, 0.2) is 0 Å². The minimum atomic E-state index is -2.29. The van der Waals surface area contributed by atoms with Crippen molar-refractivity contribution in [1.29, 1.82) is 0 Å². The monoisotopic (exact) mass is 732 g/mol. The molecule has 49 heavy (non-hydrogen) atoms. The molecule has 0 unspecified atom stereocenters. The number of hydrogen-bond donors (Lipinski definition) is 0. The summed E-state index contributed by atoms with van der Waals surface area (Å²) in [6.45, 7) is -14.4. The molecule has 34 heteroatoms. The van der Waals surface area contributed by atoms with Gasteiger partial charge in [0.15, 0.2) is 0 Å². The molecule has 34 nitrogen and oxygen atoms in total. The predicted molar refractivity (Wildman–Crippen MR) is 133 cm³/mol. The Morgan fingerprint density at radius 1 is 0.265 bits per heavy atom. The molecule has 0 spiro atoms. The van der Waals surface area contributed by atoms with Crippen molar-refractivity contribution in [1.82, 2.24) is 0 Å². The normalized spacial score (nSPS) is 11.3. The van der Waals surface area contributed by atoms with E-state index in [4.69, 9.17) is 9.47 Å². The van der Waals surface area contributed by atoms with Gasteiger partial charge >= 0.3 is 0 Å². The molecule has 0 aliphatic heterocycles. The summed E-state index contributed by atoms with van der Waals surface area (Å²) < 4.78 is 10.6. The van der Waals surface area contributed by atoms with Crippen molar-refractivity contribution >= 4 is 0 Å². The van der Waals surface area contributed by atoms with Crippen LogP contribution in [0.4, 0.5) is 0 Å². The Bertz CT molecular complexity index is 990. The third-order valence-electron chi connectivity index (χ3n) is 5.44. The maximum absolute atomic E-state index is 11.0. The second-order valence-corrected chi connectivity index (χ2v) is 9.46. The van der Waals surface area contributed by atoms with Gasteiger partial charge in [-0.1, -0.05) is 0 Å². The van der Waals surface area contributed by atoms with Gasteiger partial charge in [0, 0.05) is 0 Å². The molecule has 280 valence electrons. The average Bonchev–Trinajstić information content (AvgIpc) is 2.99. The fourth-order valence-corrected chi connectivity index (χ4v) is 3.24. The van der Waals surface area contributed by atoms with Crippen LogP contribution in [-0.4, -0.2) is 120 Å². The van der Waals surface area contributed by atoms with Crippen LogP contribution in [0.5, 0.6) is 0 Å². The van der Waals surface area contributed by atoms with E-state index in [-0.39, 0.29) is 0 Å². The van der Waals surface area contributed by atoms with Gasteiger partial charge in [0.05, 0.1) is 42.7 Å². The fraction of sp³-hybridized carbons (Fsp3) is 1.00. The Hall–Kier alpha value is -6.48. The summed E-state index contributed by atoms with van der Waals surface area (Å²) in [6, 6.07) is 0. The first-order chi connectivity index (χ1) is 22.7. The molecule has 0 saturated carbocycles. The lowest BCUT2D eigenvalue weighted by atomic mass is 9.90. The first kappa shape index (κ1) is 42.5. The molecule has 0 atom stereocenters. The van der Waals surface area contributed by atoms with Crippen LogP contribution in [0.2, 0.25) is 0 Å². The zero-order valence-corrected chi connectivity index (χ0v) is 24.2. The Morgan fingerprint density at radius 2 is 0.388 bits per heavy atom. The molecule has 0 amide bonds. The molecule has 0 N–H and O–H groups in total. The summed E-state index contributed by atoms with van der Waals surface area (Å²) >= 11 is 0. The van der Waals surface area contributed by atoms with Crippen LogP contribution in [0.3, 0.4) is 0 Å². The molecule has 0 rings (SSSR count). The molecular formula is C15H24N8O26. The van der Waals surface area contributed by atoms with Crippen molar-refractivity contribution in [3.63, 3.8) is 0 Å². The third kappa shape index (κ3) is 19.6. The van der Waals surface area contributed by atoms with Gasteiger partial charge in [-0.15, -0.1) is 80.9 Å². The highest BCUT2D eigenvalue weighted by Gasteiger charge is 2.41. The summed E-state index contributed by atoms with van der Waals surface area (Å²) in [4.78, 5) is 120. The van der Waals surface area contributed by atoms with Gasteiger partial charge in [-0.05, 0) is 0 Å². The van der Waals surface area contributed by atoms with Gasteiger partial charge in [0.25, 0.3) is 40.7 Å². The van der Waals surface area contributed by atoms with E-state index in [1.54, 1.807) is 0 Å². The van der Waals surface area contributed by atoms with E-state index in [0.717, 1.165) is 0 Å². The molecule has 0 bridgehead atoms. The first-order valence-electron chi connectivity index (χ1n) is 12.1. The molecule has 0 aliphatic rings. The quantitative estimate of drug-likeness (QED) is 0.0515. The Morgan fingerprint density at radius 3 is 0.510 bits per heavy atom. The largest absolute Gasteiger partial charge is 0.380 e. The van der Waals surface area contributed by atoms with Crippen LogP contribution in [0, 0.1) is 97.2 Å². The molecule has 0 aromatic carbocycles. The fourth-order valence-electron chi connectivity index (χ4n) is 3.24. The van der Waals surface area contributed by atoms with Gasteiger partial charge in [-0.2, -0.15) is 0 Å². The highest BCUT2D eigenvalue weighted by atomic mass is 17.0. The zero-order chi connectivity index (χ0) is 37.7. The van der Waals surface area contributed by atoms with Crippen LogP contribution in [0.25, 0.3) is 0 Å². The van der Waals surface area contributed by atoms with Crippen molar-refractivity contribution in [2.75, 3.05) is 79.3 Å². The second-order valence-electron chi connectivity index (χ2n) is 9.46. The maximum atomic E-state index is 11.0. The molecule has 0 aliphatic carbocycles. The van der Waals surface area contributed by atoms with Gasteiger partial charge in [-0.25, -0.2) is 0 Å². The minimum absolute atomic E-state index is 1.10. The average molecular weight is 732 g/mol. The lowest BCUT2D eigenvalue weighted by Crippen LogP contribution is -2.48.